The monoisotopic (exact) mass is 564 g/mol. The summed E-state index contributed by atoms with van der Waals surface area (Å²) in [5, 5.41) is 16.6. The number of nitrogens with one attached hydrogen (secondary N) is 4. The van der Waals surface area contributed by atoms with E-state index in [1.165, 1.54) is 6.07 Å². The van der Waals surface area contributed by atoms with Crippen molar-refractivity contribution in [2.75, 3.05) is 47.3 Å². The predicted octanol–water partition coefficient (Wildman–Crippen LogP) is 4.32. The molecule has 2 aromatic heterocycles. The third kappa shape index (κ3) is 7.04. The second-order valence-corrected chi connectivity index (χ2v) is 9.29. The van der Waals surface area contributed by atoms with E-state index in [4.69, 9.17) is 16.3 Å². The van der Waals surface area contributed by atoms with Crippen LogP contribution in [0.1, 0.15) is 16.1 Å². The number of hydrogen-bond acceptors (Lipinski definition) is 10. The number of amides is 1. The number of benzene rings is 2. The van der Waals surface area contributed by atoms with E-state index in [0.717, 1.165) is 17.4 Å². The van der Waals surface area contributed by atoms with Gasteiger partial charge in [-0.05, 0) is 42.0 Å². The highest BCUT2D eigenvalue weighted by atomic mass is 35.5. The molecule has 1 amide bonds. The summed E-state index contributed by atoms with van der Waals surface area (Å²) >= 11 is 5.99. The van der Waals surface area contributed by atoms with Crippen LogP contribution < -0.4 is 26.4 Å². The zero-order valence-electron chi connectivity index (χ0n) is 21.2. The van der Waals surface area contributed by atoms with Crippen molar-refractivity contribution in [3.05, 3.63) is 89.1 Å². The molecule has 1 saturated heterocycles. The van der Waals surface area contributed by atoms with Crippen LogP contribution in [0.25, 0.3) is 0 Å². The molecule has 0 bridgehead atoms. The third-order valence-electron chi connectivity index (χ3n) is 5.92. The molecule has 1 fully saturated rings. The molecule has 5 rings (SSSR count). The molecular formula is C27H26ClFN8O3. The molecule has 0 saturated carbocycles. The van der Waals surface area contributed by atoms with Crippen LogP contribution in [0.15, 0.2) is 67.0 Å². The van der Waals surface area contributed by atoms with Gasteiger partial charge in [0.05, 0.1) is 31.3 Å². The topological polar surface area (TPSA) is 137 Å². The number of pyridine rings is 1. The molecule has 206 valence electrons. The van der Waals surface area contributed by atoms with E-state index in [2.05, 4.69) is 36.4 Å². The molecule has 2 aromatic carbocycles. The van der Waals surface area contributed by atoms with Gasteiger partial charge in [0.25, 0.3) is 5.91 Å². The van der Waals surface area contributed by atoms with E-state index >= 15 is 0 Å². The van der Waals surface area contributed by atoms with E-state index in [1.54, 1.807) is 35.4 Å². The highest BCUT2D eigenvalue weighted by molar-refractivity contribution is 6.31. The normalized spacial score (nSPS) is 13.0. The highest BCUT2D eigenvalue weighted by Crippen LogP contribution is 2.24. The zero-order chi connectivity index (χ0) is 27.9. The maximum absolute atomic E-state index is 14.2. The lowest BCUT2D eigenvalue weighted by Crippen LogP contribution is -2.38. The number of ether oxygens (including phenoxy) is 1. The van der Waals surface area contributed by atoms with E-state index in [1.807, 2.05) is 24.3 Å². The summed E-state index contributed by atoms with van der Waals surface area (Å²) in [6.07, 6.45) is 2.59. The van der Waals surface area contributed by atoms with Gasteiger partial charge in [-0.2, -0.15) is 4.98 Å². The lowest BCUT2D eigenvalue weighted by Gasteiger charge is -2.28. The number of morpholine rings is 1. The van der Waals surface area contributed by atoms with Gasteiger partial charge in [-0.15, -0.1) is 0 Å². The summed E-state index contributed by atoms with van der Waals surface area (Å²) in [4.78, 5) is 26.6. The van der Waals surface area contributed by atoms with Crippen LogP contribution in [0.3, 0.4) is 0 Å². The second-order valence-electron chi connectivity index (χ2n) is 8.85. The Kier molecular flexibility index (Phi) is 8.38. The summed E-state index contributed by atoms with van der Waals surface area (Å²) < 4.78 is 19.5. The summed E-state index contributed by atoms with van der Waals surface area (Å²) in [5.41, 5.74) is 8.48. The van der Waals surface area contributed by atoms with Crippen molar-refractivity contribution in [2.45, 2.75) is 6.54 Å². The number of hydrazine groups is 1. The first-order valence-electron chi connectivity index (χ1n) is 12.4. The Balaban J connectivity index is 1.15. The van der Waals surface area contributed by atoms with Crippen molar-refractivity contribution >= 4 is 46.3 Å². The number of carbonyl (C=O) groups excluding carboxylic acids is 1. The largest absolute Gasteiger partial charge is 0.508 e. The Bertz CT molecular complexity index is 1470. The highest BCUT2D eigenvalue weighted by Gasteiger charge is 2.18. The number of rotatable bonds is 9. The Labute approximate surface area is 234 Å². The van der Waals surface area contributed by atoms with Crippen molar-refractivity contribution in [2.24, 2.45) is 0 Å². The molecule has 0 atom stereocenters. The minimum absolute atomic E-state index is 0.0519. The minimum Gasteiger partial charge on any atom is -0.508 e. The quantitative estimate of drug-likeness (QED) is 0.187. The number of anilines is 5. The van der Waals surface area contributed by atoms with E-state index in [-0.39, 0.29) is 23.2 Å². The number of hydrogen-bond donors (Lipinski definition) is 5. The summed E-state index contributed by atoms with van der Waals surface area (Å²) in [6, 6.07) is 15.9. The van der Waals surface area contributed by atoms with Gasteiger partial charge < -0.3 is 25.4 Å². The average Bonchev–Trinajstić information content (AvgIpc) is 2.96. The molecule has 0 aliphatic carbocycles. The smallest absolute Gasteiger partial charge is 0.288 e. The zero-order valence-corrected chi connectivity index (χ0v) is 22.0. The standard InChI is InChI=1S/C27H26ClFN8O3/c28-18-11-21(13-22(38)12-18)30-14-17-2-1-3-19(10-17)33-20-4-5-24(31-15-20)26(39)35-36-27-32-16-23(29)25(34-27)37-6-8-40-9-7-37/h1-5,10-13,15-16,30,33,38H,6-9,14H2,(H,35,39)(H,32,34,36). The van der Waals surface area contributed by atoms with Gasteiger partial charge in [0.2, 0.25) is 5.95 Å². The number of aromatic hydroxyl groups is 1. The van der Waals surface area contributed by atoms with Gasteiger partial charge in [0.15, 0.2) is 11.6 Å². The molecule has 0 unspecified atom stereocenters. The van der Waals surface area contributed by atoms with E-state index in [9.17, 15) is 14.3 Å². The van der Waals surface area contributed by atoms with Gasteiger partial charge in [-0.25, -0.2) is 14.4 Å². The average molecular weight is 565 g/mol. The van der Waals surface area contributed by atoms with Crippen molar-refractivity contribution in [3.8, 4) is 5.75 Å². The van der Waals surface area contributed by atoms with Crippen molar-refractivity contribution in [3.63, 3.8) is 0 Å². The molecule has 40 heavy (non-hydrogen) atoms. The number of nitrogens with zero attached hydrogens (tertiary/aromatic N) is 4. The fourth-order valence-corrected chi connectivity index (χ4v) is 4.23. The van der Waals surface area contributed by atoms with Crippen LogP contribution >= 0.6 is 11.6 Å². The summed E-state index contributed by atoms with van der Waals surface area (Å²) in [6.45, 7) is 2.51. The molecule has 1 aliphatic heterocycles. The van der Waals surface area contributed by atoms with Crippen LogP contribution in [-0.4, -0.2) is 52.3 Å². The van der Waals surface area contributed by atoms with Crippen LogP contribution in [0.5, 0.6) is 5.75 Å². The van der Waals surface area contributed by atoms with Crippen LogP contribution in [0.2, 0.25) is 5.02 Å². The molecule has 1 aliphatic rings. The van der Waals surface area contributed by atoms with E-state index < -0.39 is 11.7 Å². The molecule has 3 heterocycles. The summed E-state index contributed by atoms with van der Waals surface area (Å²) in [5.74, 6) is -0.768. The number of aromatic nitrogens is 3. The summed E-state index contributed by atoms with van der Waals surface area (Å²) in [7, 11) is 0. The first-order chi connectivity index (χ1) is 19.4. The Morgan fingerprint density at radius 3 is 2.65 bits per heavy atom. The van der Waals surface area contributed by atoms with Gasteiger partial charge in [-0.1, -0.05) is 23.7 Å². The van der Waals surface area contributed by atoms with Crippen LogP contribution in [-0.2, 0) is 11.3 Å². The van der Waals surface area contributed by atoms with Gasteiger partial charge in [-0.3, -0.25) is 15.6 Å². The number of carbonyl (C=O) groups is 1. The number of halogens is 2. The molecular weight excluding hydrogens is 539 g/mol. The second kappa shape index (κ2) is 12.5. The lowest BCUT2D eigenvalue weighted by atomic mass is 10.2. The van der Waals surface area contributed by atoms with Crippen molar-refractivity contribution < 1.29 is 19.0 Å². The van der Waals surface area contributed by atoms with E-state index in [0.29, 0.717) is 49.2 Å². The lowest BCUT2D eigenvalue weighted by molar-refractivity contribution is 0.0957. The molecule has 0 spiro atoms. The maximum atomic E-state index is 14.2. The van der Waals surface area contributed by atoms with Gasteiger partial charge >= 0.3 is 0 Å². The third-order valence-corrected chi connectivity index (χ3v) is 6.13. The Morgan fingerprint density at radius 2 is 1.88 bits per heavy atom. The number of phenolic OH excluding ortho intramolecular Hbond substituents is 1. The Hall–Kier alpha value is -4.68. The maximum Gasteiger partial charge on any atom is 0.288 e. The SMILES string of the molecule is O=C(NNc1ncc(F)c(N2CCOCC2)n1)c1ccc(Nc2cccc(CNc3cc(O)cc(Cl)c3)c2)cn1. The fourth-order valence-electron chi connectivity index (χ4n) is 4.00. The molecule has 13 heteroatoms. The van der Waals surface area contributed by atoms with Gasteiger partial charge in [0.1, 0.15) is 11.4 Å². The van der Waals surface area contributed by atoms with Crippen LogP contribution in [0, 0.1) is 5.82 Å². The molecule has 0 radical (unpaired) electrons. The first kappa shape index (κ1) is 26.9. The fraction of sp³-hybridized carbons (Fsp3) is 0.185. The molecule has 4 aromatic rings. The van der Waals surface area contributed by atoms with Crippen molar-refractivity contribution in [1.82, 2.24) is 20.4 Å². The van der Waals surface area contributed by atoms with Crippen molar-refractivity contribution in [1.29, 1.82) is 0 Å². The molecule has 11 nitrogen and oxygen atoms in total. The predicted molar refractivity (Wildman–Crippen MR) is 151 cm³/mol. The van der Waals surface area contributed by atoms with Crippen LogP contribution in [0.4, 0.5) is 33.2 Å². The number of phenols is 1. The first-order valence-corrected chi connectivity index (χ1v) is 12.8. The van der Waals surface area contributed by atoms with Gasteiger partial charge in [0, 0.05) is 42.1 Å². The minimum atomic E-state index is -0.549. The molecule has 5 N–H and O–H groups in total. The Morgan fingerprint density at radius 1 is 1.02 bits per heavy atom.